The summed E-state index contributed by atoms with van der Waals surface area (Å²) in [6, 6.07) is 20.8. The zero-order valence-corrected chi connectivity index (χ0v) is 22.7. The molecule has 0 aliphatic heterocycles. The minimum Gasteiger partial charge on any atom is -0.484 e. The zero-order chi connectivity index (χ0) is 27.7. The summed E-state index contributed by atoms with van der Waals surface area (Å²) in [5.74, 6) is -0.0961. The van der Waals surface area contributed by atoms with Gasteiger partial charge in [0.25, 0.3) is 11.8 Å². The first-order valence-corrected chi connectivity index (χ1v) is 13.9. The van der Waals surface area contributed by atoms with Crippen LogP contribution in [0.2, 0.25) is 0 Å². The highest BCUT2D eigenvalue weighted by molar-refractivity contribution is 7.92. The highest BCUT2D eigenvalue weighted by Gasteiger charge is 2.19. The summed E-state index contributed by atoms with van der Waals surface area (Å²) in [4.78, 5) is 24.2. The fourth-order valence-corrected chi connectivity index (χ4v) is 4.39. The second-order valence-corrected chi connectivity index (χ2v) is 10.9. The van der Waals surface area contributed by atoms with Gasteiger partial charge in [0.2, 0.25) is 10.0 Å². The van der Waals surface area contributed by atoms with Crippen LogP contribution >= 0.6 is 0 Å². The van der Waals surface area contributed by atoms with Gasteiger partial charge in [0.15, 0.2) is 6.61 Å². The van der Waals surface area contributed by atoms with Crippen LogP contribution in [-0.2, 0) is 21.4 Å². The molecule has 0 heterocycles. The first kappa shape index (κ1) is 28.4. The SMILES string of the molecule is Cc1ccccc1CN(c1ccc(C(=O)N/N=C\c2ccc(OCC(=O)NC(C)C)cc2)cc1)S(C)(=O)=O. The van der Waals surface area contributed by atoms with Crippen LogP contribution in [0.5, 0.6) is 5.75 Å². The Bertz CT molecular complexity index is 1390. The molecule has 9 nitrogen and oxygen atoms in total. The van der Waals surface area contributed by atoms with Crippen molar-refractivity contribution < 1.29 is 22.7 Å². The molecule has 0 bridgehead atoms. The van der Waals surface area contributed by atoms with Crippen LogP contribution in [0.1, 0.15) is 40.9 Å². The van der Waals surface area contributed by atoms with Gasteiger partial charge in [0.1, 0.15) is 5.75 Å². The lowest BCUT2D eigenvalue weighted by Gasteiger charge is -2.23. The molecule has 0 radical (unpaired) electrons. The Morgan fingerprint density at radius 1 is 1.00 bits per heavy atom. The normalized spacial score (nSPS) is 11.4. The lowest BCUT2D eigenvalue weighted by atomic mass is 10.1. The summed E-state index contributed by atoms with van der Waals surface area (Å²) in [5.41, 5.74) is 5.86. The number of hydrogen-bond donors (Lipinski definition) is 2. The molecule has 0 spiro atoms. The predicted molar refractivity (Wildman–Crippen MR) is 149 cm³/mol. The van der Waals surface area contributed by atoms with E-state index >= 15 is 0 Å². The van der Waals surface area contributed by atoms with Crippen molar-refractivity contribution in [1.29, 1.82) is 0 Å². The number of hydrazone groups is 1. The molecule has 38 heavy (non-hydrogen) atoms. The Labute approximate surface area is 223 Å². The number of carbonyl (C=O) groups is 2. The maximum Gasteiger partial charge on any atom is 0.271 e. The van der Waals surface area contributed by atoms with E-state index in [0.29, 0.717) is 17.0 Å². The van der Waals surface area contributed by atoms with Crippen LogP contribution in [0, 0.1) is 6.92 Å². The molecule has 0 aromatic heterocycles. The van der Waals surface area contributed by atoms with Crippen molar-refractivity contribution >= 4 is 33.7 Å². The standard InChI is InChI=1S/C28H32N4O5S/c1-20(2)30-27(33)19-37-26-15-9-22(10-16-26)17-29-31-28(34)23-11-13-25(14-12-23)32(38(4,35)36)18-24-8-6-5-7-21(24)3/h5-17,20H,18-19H2,1-4H3,(H,30,33)(H,31,34)/b29-17-. The summed E-state index contributed by atoms with van der Waals surface area (Å²) in [7, 11) is -3.55. The van der Waals surface area contributed by atoms with Crippen LogP contribution in [0.15, 0.2) is 77.9 Å². The van der Waals surface area contributed by atoms with E-state index in [1.165, 1.54) is 10.5 Å². The van der Waals surface area contributed by atoms with Gasteiger partial charge in [-0.3, -0.25) is 13.9 Å². The van der Waals surface area contributed by atoms with E-state index in [9.17, 15) is 18.0 Å². The number of nitrogens with one attached hydrogen (secondary N) is 2. The minimum atomic E-state index is -3.55. The molecular formula is C28H32N4O5S. The minimum absolute atomic E-state index is 0.0454. The van der Waals surface area contributed by atoms with Crippen molar-refractivity contribution in [3.05, 3.63) is 95.1 Å². The van der Waals surface area contributed by atoms with Gasteiger partial charge in [-0.2, -0.15) is 5.10 Å². The number of carbonyl (C=O) groups excluding carboxylic acids is 2. The third kappa shape index (κ3) is 8.45. The zero-order valence-electron chi connectivity index (χ0n) is 21.8. The number of sulfonamides is 1. The van der Waals surface area contributed by atoms with Gasteiger partial charge in [-0.1, -0.05) is 24.3 Å². The lowest BCUT2D eigenvalue weighted by Crippen LogP contribution is -2.34. The van der Waals surface area contributed by atoms with Crippen molar-refractivity contribution in [2.24, 2.45) is 5.10 Å². The number of nitrogens with zero attached hydrogens (tertiary/aromatic N) is 2. The van der Waals surface area contributed by atoms with Crippen molar-refractivity contribution in [3.63, 3.8) is 0 Å². The highest BCUT2D eigenvalue weighted by atomic mass is 32.2. The number of benzene rings is 3. The molecule has 2 N–H and O–H groups in total. The van der Waals surface area contributed by atoms with Gasteiger partial charge in [-0.05, 0) is 86.0 Å². The van der Waals surface area contributed by atoms with Gasteiger partial charge >= 0.3 is 0 Å². The first-order valence-electron chi connectivity index (χ1n) is 12.0. The lowest BCUT2D eigenvalue weighted by molar-refractivity contribution is -0.123. The summed E-state index contributed by atoms with van der Waals surface area (Å²) in [5, 5.41) is 6.73. The molecular weight excluding hydrogens is 504 g/mol. The molecule has 2 amide bonds. The molecule has 3 rings (SSSR count). The maximum atomic E-state index is 12.5. The monoisotopic (exact) mass is 536 g/mol. The van der Waals surface area contributed by atoms with Crippen LogP contribution < -0.4 is 19.8 Å². The second-order valence-electron chi connectivity index (χ2n) is 9.02. The Morgan fingerprint density at radius 3 is 2.26 bits per heavy atom. The average molecular weight is 537 g/mol. The van der Waals surface area contributed by atoms with Crippen molar-refractivity contribution in [2.75, 3.05) is 17.2 Å². The Kier molecular flexibility index (Phi) is 9.61. The first-order chi connectivity index (χ1) is 18.0. The van der Waals surface area contributed by atoms with Crippen LogP contribution in [-0.4, -0.2) is 45.4 Å². The number of rotatable bonds is 11. The van der Waals surface area contributed by atoms with Crippen LogP contribution in [0.3, 0.4) is 0 Å². The Balaban J connectivity index is 1.58. The number of amides is 2. The van der Waals surface area contributed by atoms with Gasteiger partial charge in [-0.15, -0.1) is 0 Å². The Hall–Kier alpha value is -4.18. The van der Waals surface area contributed by atoms with Crippen molar-refractivity contribution in [3.8, 4) is 5.75 Å². The Morgan fingerprint density at radius 2 is 1.66 bits per heavy atom. The van der Waals surface area contributed by atoms with E-state index in [1.807, 2.05) is 45.0 Å². The fraction of sp³-hybridized carbons (Fsp3) is 0.250. The van der Waals surface area contributed by atoms with Gasteiger partial charge in [-0.25, -0.2) is 13.8 Å². The molecule has 0 fully saturated rings. The van der Waals surface area contributed by atoms with Crippen LogP contribution in [0.4, 0.5) is 5.69 Å². The molecule has 0 aliphatic rings. The van der Waals surface area contributed by atoms with E-state index < -0.39 is 15.9 Å². The van der Waals surface area contributed by atoms with E-state index in [-0.39, 0.29) is 25.1 Å². The molecule has 0 saturated heterocycles. The molecule has 0 saturated carbocycles. The average Bonchev–Trinajstić information content (AvgIpc) is 2.87. The largest absolute Gasteiger partial charge is 0.484 e. The summed E-state index contributed by atoms with van der Waals surface area (Å²) in [6.45, 7) is 5.80. The van der Waals surface area contributed by atoms with E-state index in [0.717, 1.165) is 22.9 Å². The van der Waals surface area contributed by atoms with E-state index in [1.54, 1.807) is 48.5 Å². The number of hydrogen-bond acceptors (Lipinski definition) is 6. The third-order valence-electron chi connectivity index (χ3n) is 5.47. The summed E-state index contributed by atoms with van der Waals surface area (Å²) < 4.78 is 31.7. The molecule has 200 valence electrons. The molecule has 10 heteroatoms. The highest BCUT2D eigenvalue weighted by Crippen LogP contribution is 2.22. The molecule has 3 aromatic carbocycles. The van der Waals surface area contributed by atoms with Gasteiger partial charge < -0.3 is 10.1 Å². The second kappa shape index (κ2) is 12.9. The number of anilines is 1. The topological polar surface area (TPSA) is 117 Å². The predicted octanol–water partition coefficient (Wildman–Crippen LogP) is 3.63. The molecule has 0 unspecified atom stereocenters. The molecule has 0 aliphatic carbocycles. The summed E-state index contributed by atoms with van der Waals surface area (Å²) in [6.07, 6.45) is 2.64. The number of ether oxygens (including phenoxy) is 1. The van der Waals surface area contributed by atoms with E-state index in [2.05, 4.69) is 15.8 Å². The summed E-state index contributed by atoms with van der Waals surface area (Å²) >= 11 is 0. The molecule has 0 atom stereocenters. The fourth-order valence-electron chi connectivity index (χ4n) is 3.51. The van der Waals surface area contributed by atoms with Crippen molar-refractivity contribution in [1.82, 2.24) is 10.7 Å². The van der Waals surface area contributed by atoms with Crippen molar-refractivity contribution in [2.45, 2.75) is 33.4 Å². The smallest absolute Gasteiger partial charge is 0.271 e. The van der Waals surface area contributed by atoms with Gasteiger partial charge in [0, 0.05) is 11.6 Å². The van der Waals surface area contributed by atoms with E-state index in [4.69, 9.17) is 4.74 Å². The maximum absolute atomic E-state index is 12.5. The van der Waals surface area contributed by atoms with Gasteiger partial charge in [0.05, 0.1) is 24.7 Å². The number of aryl methyl sites for hydroxylation is 1. The van der Waals surface area contributed by atoms with Crippen LogP contribution in [0.25, 0.3) is 0 Å². The quantitative estimate of drug-likeness (QED) is 0.287. The third-order valence-corrected chi connectivity index (χ3v) is 6.61. The molecule has 3 aromatic rings.